The largest absolute Gasteiger partial charge is 0.311 e. The van der Waals surface area contributed by atoms with E-state index in [2.05, 4.69) is 14.7 Å². The topological polar surface area (TPSA) is 66.7 Å². The highest BCUT2D eigenvalue weighted by Gasteiger charge is 2.13. The average Bonchev–Trinajstić information content (AvgIpc) is 2.94. The quantitative estimate of drug-likeness (QED) is 0.744. The first kappa shape index (κ1) is 16.4. The summed E-state index contributed by atoms with van der Waals surface area (Å²) in [6.07, 6.45) is 4.08. The molecule has 2 aromatic heterocycles. The van der Waals surface area contributed by atoms with Gasteiger partial charge in [-0.25, -0.2) is 17.7 Å². The van der Waals surface area contributed by atoms with Crippen LogP contribution in [0.15, 0.2) is 11.6 Å². The Hall–Kier alpha value is -0.960. The molecule has 0 aliphatic heterocycles. The molecule has 0 bridgehead atoms. The molecular formula is C13H22N4O2S2. The van der Waals surface area contributed by atoms with Gasteiger partial charge in [0.05, 0.1) is 17.6 Å². The fourth-order valence-corrected chi connectivity index (χ4v) is 4.01. The number of nitrogens with zero attached hydrogens (tertiary/aromatic N) is 3. The molecule has 1 N–H and O–H groups in total. The fraction of sp³-hybridized carbons (Fsp3) is 0.615. The van der Waals surface area contributed by atoms with E-state index in [9.17, 15) is 8.42 Å². The van der Waals surface area contributed by atoms with Gasteiger partial charge in [0.1, 0.15) is 0 Å². The normalized spacial score (nSPS) is 12.6. The summed E-state index contributed by atoms with van der Waals surface area (Å²) >= 11 is 1.63. The number of nitrogens with one attached hydrogen (secondary N) is 1. The lowest BCUT2D eigenvalue weighted by atomic mass is 10.3. The van der Waals surface area contributed by atoms with Gasteiger partial charge in [0.25, 0.3) is 0 Å². The summed E-state index contributed by atoms with van der Waals surface area (Å²) in [7, 11) is -3.08. The molecule has 0 spiro atoms. The first-order valence-corrected chi connectivity index (χ1v) is 9.73. The Morgan fingerprint density at radius 2 is 2.24 bits per heavy atom. The zero-order valence-corrected chi connectivity index (χ0v) is 14.3. The molecule has 0 saturated carbocycles. The van der Waals surface area contributed by atoms with Crippen molar-refractivity contribution in [3.05, 3.63) is 23.0 Å². The summed E-state index contributed by atoms with van der Waals surface area (Å²) in [5, 5.41) is 5.39. The molecule has 6 nitrogen and oxygen atoms in total. The molecule has 118 valence electrons. The highest BCUT2D eigenvalue weighted by Crippen LogP contribution is 2.16. The molecule has 0 amide bonds. The maximum absolute atomic E-state index is 11.5. The third-order valence-electron chi connectivity index (χ3n) is 3.44. The molecule has 0 aliphatic carbocycles. The molecule has 21 heavy (non-hydrogen) atoms. The van der Waals surface area contributed by atoms with E-state index in [1.165, 1.54) is 16.3 Å². The van der Waals surface area contributed by atoms with E-state index >= 15 is 0 Å². The maximum atomic E-state index is 11.5. The second-order valence-corrected chi connectivity index (χ2v) is 7.84. The Bertz CT molecular complexity index is 690. The van der Waals surface area contributed by atoms with Gasteiger partial charge in [-0.2, -0.15) is 0 Å². The number of thiazole rings is 1. The molecule has 0 radical (unpaired) electrons. The molecule has 2 rings (SSSR count). The number of fused-ring (bicyclic) bond motifs is 1. The van der Waals surface area contributed by atoms with Crippen LogP contribution in [0, 0.1) is 6.92 Å². The lowest BCUT2D eigenvalue weighted by Gasteiger charge is -2.17. The van der Waals surface area contributed by atoms with Crippen LogP contribution in [0.25, 0.3) is 4.96 Å². The highest BCUT2D eigenvalue weighted by molar-refractivity contribution is 7.88. The van der Waals surface area contributed by atoms with E-state index in [0.717, 1.165) is 30.2 Å². The van der Waals surface area contributed by atoms with E-state index in [1.807, 2.05) is 25.4 Å². The Morgan fingerprint density at radius 1 is 1.48 bits per heavy atom. The number of hydrogen-bond donors (Lipinski definition) is 1. The first-order chi connectivity index (χ1) is 9.93. The molecule has 0 fully saturated rings. The Kier molecular flexibility index (Phi) is 5.37. The fourth-order valence-electron chi connectivity index (χ4n) is 2.30. The van der Waals surface area contributed by atoms with Crippen molar-refractivity contribution in [2.75, 3.05) is 25.9 Å². The van der Waals surface area contributed by atoms with Crippen LogP contribution < -0.4 is 5.32 Å². The molecule has 0 unspecified atom stereocenters. The van der Waals surface area contributed by atoms with Gasteiger partial charge >= 0.3 is 0 Å². The molecule has 8 heteroatoms. The summed E-state index contributed by atoms with van der Waals surface area (Å²) < 4.78 is 26.5. The third-order valence-corrected chi connectivity index (χ3v) is 5.57. The van der Waals surface area contributed by atoms with Gasteiger partial charge in [-0.3, -0.25) is 4.40 Å². The van der Waals surface area contributed by atoms with E-state index in [-0.39, 0.29) is 0 Å². The van der Waals surface area contributed by atoms with Crippen molar-refractivity contribution >= 4 is 26.3 Å². The van der Waals surface area contributed by atoms with Crippen molar-refractivity contribution in [2.45, 2.75) is 26.8 Å². The first-order valence-electron chi connectivity index (χ1n) is 7.00. The van der Waals surface area contributed by atoms with Crippen LogP contribution in [0.4, 0.5) is 0 Å². The maximum Gasteiger partial charge on any atom is 0.211 e. The van der Waals surface area contributed by atoms with Crippen LogP contribution >= 0.6 is 11.3 Å². The number of aromatic nitrogens is 2. The minimum absolute atomic E-state index is 0.524. The number of imidazole rings is 1. The van der Waals surface area contributed by atoms with Crippen molar-refractivity contribution in [3.8, 4) is 0 Å². The van der Waals surface area contributed by atoms with Crippen molar-refractivity contribution in [2.24, 2.45) is 0 Å². The molecule has 2 heterocycles. The van der Waals surface area contributed by atoms with E-state index in [1.54, 1.807) is 11.3 Å². The average molecular weight is 330 g/mol. The predicted octanol–water partition coefficient (Wildman–Crippen LogP) is 1.47. The van der Waals surface area contributed by atoms with Crippen LogP contribution in [-0.2, 0) is 16.6 Å². The number of sulfonamides is 1. The minimum atomic E-state index is -3.08. The third kappa shape index (κ3) is 4.03. The predicted molar refractivity (Wildman–Crippen MR) is 86.2 cm³/mol. The zero-order chi connectivity index (χ0) is 15.5. The van der Waals surface area contributed by atoms with Crippen molar-refractivity contribution in [1.29, 1.82) is 0 Å². The van der Waals surface area contributed by atoms with E-state index in [4.69, 9.17) is 0 Å². The van der Waals surface area contributed by atoms with Crippen molar-refractivity contribution in [1.82, 2.24) is 19.0 Å². The number of aryl methyl sites for hydroxylation is 1. The van der Waals surface area contributed by atoms with Crippen LogP contribution in [-0.4, -0.2) is 48.0 Å². The zero-order valence-electron chi connectivity index (χ0n) is 12.7. The van der Waals surface area contributed by atoms with Gasteiger partial charge in [0.15, 0.2) is 4.96 Å². The molecular weight excluding hydrogens is 308 g/mol. The van der Waals surface area contributed by atoms with Gasteiger partial charge in [0.2, 0.25) is 10.0 Å². The van der Waals surface area contributed by atoms with E-state index < -0.39 is 10.0 Å². The molecule has 0 saturated heterocycles. The van der Waals surface area contributed by atoms with E-state index in [0.29, 0.717) is 13.1 Å². The van der Waals surface area contributed by atoms with Crippen LogP contribution in [0.5, 0.6) is 0 Å². The van der Waals surface area contributed by atoms with Gasteiger partial charge in [0, 0.05) is 31.2 Å². The van der Waals surface area contributed by atoms with Gasteiger partial charge in [-0.1, -0.05) is 6.92 Å². The molecule has 2 aromatic rings. The second kappa shape index (κ2) is 6.87. The van der Waals surface area contributed by atoms with Gasteiger partial charge in [-0.15, -0.1) is 11.3 Å². The smallest absolute Gasteiger partial charge is 0.211 e. The number of rotatable bonds is 8. The summed E-state index contributed by atoms with van der Waals surface area (Å²) in [4.78, 5) is 5.51. The Balaban J connectivity index is 1.80. The van der Waals surface area contributed by atoms with Crippen LogP contribution in [0.1, 0.15) is 24.7 Å². The molecule has 0 aromatic carbocycles. The second-order valence-electron chi connectivity index (χ2n) is 4.98. The van der Waals surface area contributed by atoms with Gasteiger partial charge < -0.3 is 5.32 Å². The summed E-state index contributed by atoms with van der Waals surface area (Å²) in [6.45, 7) is 6.48. The summed E-state index contributed by atoms with van der Waals surface area (Å²) in [6, 6.07) is 0. The number of hydrogen-bond acceptors (Lipinski definition) is 5. The minimum Gasteiger partial charge on any atom is -0.311 e. The lowest BCUT2D eigenvalue weighted by molar-refractivity contribution is 0.418. The van der Waals surface area contributed by atoms with Crippen molar-refractivity contribution < 1.29 is 8.42 Å². The highest BCUT2D eigenvalue weighted by atomic mass is 32.2. The monoisotopic (exact) mass is 330 g/mol. The van der Waals surface area contributed by atoms with Crippen LogP contribution in [0.3, 0.4) is 0 Å². The van der Waals surface area contributed by atoms with Crippen molar-refractivity contribution in [3.63, 3.8) is 0 Å². The Morgan fingerprint density at radius 3 is 2.90 bits per heavy atom. The lowest BCUT2D eigenvalue weighted by Crippen LogP contribution is -2.32. The standard InChI is InChI=1S/C13H22N4O2S2/c1-4-16(21(3,18)19)7-5-6-14-10-12-11(2)15-13-17(12)8-9-20-13/h8-9,14H,4-7,10H2,1-3H3. The van der Waals surface area contributed by atoms with Crippen LogP contribution in [0.2, 0.25) is 0 Å². The Labute approximate surface area is 129 Å². The SMILES string of the molecule is CCN(CCCNCc1c(C)nc2sccn12)S(C)(=O)=O. The summed E-state index contributed by atoms with van der Waals surface area (Å²) in [5.74, 6) is 0. The van der Waals surface area contributed by atoms with Gasteiger partial charge in [-0.05, 0) is 19.9 Å². The molecule has 0 atom stereocenters. The summed E-state index contributed by atoms with van der Waals surface area (Å²) in [5.41, 5.74) is 2.21. The molecule has 0 aliphatic rings.